The number of halogens is 1. The van der Waals surface area contributed by atoms with Gasteiger partial charge in [-0.15, -0.1) is 0 Å². The number of fused-ring (bicyclic) bond motifs is 1. The number of anilines is 2. The topological polar surface area (TPSA) is 157 Å². The van der Waals surface area contributed by atoms with Crippen LogP contribution in [0.25, 0.3) is 16.5 Å². The molecule has 1 fully saturated rings. The van der Waals surface area contributed by atoms with E-state index in [-0.39, 0.29) is 27.2 Å². The van der Waals surface area contributed by atoms with E-state index in [0.29, 0.717) is 55.9 Å². The first-order chi connectivity index (χ1) is 28.0. The molecule has 4 aromatic carbocycles. The van der Waals surface area contributed by atoms with Gasteiger partial charge in [0.1, 0.15) is 17.6 Å². The summed E-state index contributed by atoms with van der Waals surface area (Å²) in [5.74, 6) is 0.198. The van der Waals surface area contributed by atoms with Crippen LogP contribution in [0.4, 0.5) is 11.4 Å². The molecule has 5 N–H and O–H groups in total. The van der Waals surface area contributed by atoms with Crippen LogP contribution >= 0.6 is 11.6 Å². The molecule has 1 aliphatic heterocycles. The fraction of sp³-hybridized carbons (Fsp3) is 0.333. The van der Waals surface area contributed by atoms with Crippen molar-refractivity contribution in [1.29, 1.82) is 5.26 Å². The predicted octanol–water partition coefficient (Wildman–Crippen LogP) is 9.11. The van der Waals surface area contributed by atoms with Gasteiger partial charge in [0.25, 0.3) is 15.9 Å². The summed E-state index contributed by atoms with van der Waals surface area (Å²) in [6, 6.07) is 26.8. The number of hydrogen-bond donors (Lipinski definition) is 5. The zero-order chi connectivity index (χ0) is 40.7. The third-order valence-electron chi connectivity index (χ3n) is 10.9. The zero-order valence-corrected chi connectivity index (χ0v) is 34.4. The molecule has 2 aliphatic rings. The van der Waals surface area contributed by atoms with Crippen LogP contribution in [-0.4, -0.2) is 58.7 Å². The van der Waals surface area contributed by atoms with Crippen molar-refractivity contribution in [3.63, 3.8) is 0 Å². The number of nitriles is 1. The number of sulfonamides is 1. The van der Waals surface area contributed by atoms with Gasteiger partial charge in [-0.3, -0.25) is 4.79 Å². The van der Waals surface area contributed by atoms with Crippen LogP contribution in [0, 0.1) is 22.7 Å². The highest BCUT2D eigenvalue weighted by molar-refractivity contribution is 7.90. The van der Waals surface area contributed by atoms with Gasteiger partial charge in [0.15, 0.2) is 0 Å². The molecular formula is C45H49ClN6O5S. The fourth-order valence-corrected chi connectivity index (χ4v) is 8.68. The predicted molar refractivity (Wildman–Crippen MR) is 230 cm³/mol. The average molecular weight is 821 g/mol. The number of rotatable bonds is 15. The number of nitrogens with one attached hydrogen (secondary N) is 5. The van der Waals surface area contributed by atoms with Gasteiger partial charge in [-0.2, -0.15) is 5.26 Å². The van der Waals surface area contributed by atoms with Gasteiger partial charge in [-0.1, -0.05) is 49.2 Å². The van der Waals surface area contributed by atoms with Crippen molar-refractivity contribution in [3.8, 4) is 17.6 Å². The Bertz CT molecular complexity index is 2450. The average Bonchev–Trinajstić information content (AvgIpc) is 3.71. The zero-order valence-electron chi connectivity index (χ0n) is 32.8. The van der Waals surface area contributed by atoms with E-state index in [1.165, 1.54) is 28.8 Å². The number of hydrogen-bond acceptors (Lipinski definition) is 9. The fourth-order valence-electron chi connectivity index (χ4n) is 7.57. The Kier molecular flexibility index (Phi) is 12.7. The van der Waals surface area contributed by atoms with E-state index in [1.54, 1.807) is 36.5 Å². The summed E-state index contributed by atoms with van der Waals surface area (Å²) in [7, 11) is -4.37. The summed E-state index contributed by atoms with van der Waals surface area (Å²) in [5.41, 5.74) is 6.49. The number of benzene rings is 4. The lowest BCUT2D eigenvalue weighted by molar-refractivity contribution is 0.0699. The van der Waals surface area contributed by atoms with Crippen LogP contribution in [0.2, 0.25) is 5.02 Å². The maximum atomic E-state index is 13.8. The van der Waals surface area contributed by atoms with Gasteiger partial charge in [0.2, 0.25) is 0 Å². The molecule has 1 amide bonds. The molecule has 0 unspecified atom stereocenters. The highest BCUT2D eigenvalue weighted by Crippen LogP contribution is 2.43. The number of aromatic nitrogens is 1. The van der Waals surface area contributed by atoms with Crippen LogP contribution in [0.3, 0.4) is 0 Å². The van der Waals surface area contributed by atoms with E-state index in [1.807, 2.05) is 30.3 Å². The first-order valence-electron chi connectivity index (χ1n) is 19.7. The van der Waals surface area contributed by atoms with Crippen LogP contribution in [0.15, 0.2) is 102 Å². The van der Waals surface area contributed by atoms with Gasteiger partial charge in [0.05, 0.1) is 21.7 Å². The highest BCUT2D eigenvalue weighted by atomic mass is 35.5. The van der Waals surface area contributed by atoms with Gasteiger partial charge in [-0.05, 0) is 115 Å². The Labute approximate surface area is 345 Å². The number of nitrogens with zero attached hydrogens (tertiary/aromatic N) is 1. The molecule has 0 atom stereocenters. The lowest BCUT2D eigenvalue weighted by Crippen LogP contribution is -2.31. The minimum atomic E-state index is -4.37. The van der Waals surface area contributed by atoms with Gasteiger partial charge in [-0.25, -0.2) is 13.1 Å². The van der Waals surface area contributed by atoms with Crippen molar-refractivity contribution in [2.24, 2.45) is 11.3 Å². The first-order valence-corrected chi connectivity index (χ1v) is 21.6. The molecule has 7 rings (SSSR count). The molecular weight excluding hydrogens is 772 g/mol. The van der Waals surface area contributed by atoms with Crippen LogP contribution in [0.5, 0.6) is 11.5 Å². The molecule has 0 bridgehead atoms. The summed E-state index contributed by atoms with van der Waals surface area (Å²) < 4.78 is 41.2. The van der Waals surface area contributed by atoms with E-state index >= 15 is 0 Å². The first kappa shape index (κ1) is 40.9. The summed E-state index contributed by atoms with van der Waals surface area (Å²) in [4.78, 5) is 16.8. The normalized spacial score (nSPS) is 15.8. The molecule has 1 aromatic heterocycles. The van der Waals surface area contributed by atoms with Crippen molar-refractivity contribution in [1.82, 2.24) is 15.0 Å². The molecule has 58 heavy (non-hydrogen) atoms. The Morgan fingerprint density at radius 1 is 0.983 bits per heavy atom. The minimum absolute atomic E-state index is 0.0249. The molecule has 2 heterocycles. The number of carbonyl (C=O) groups excluding carboxylic acids is 1. The Hall–Kier alpha value is -5.32. The largest absolute Gasteiger partial charge is 0.456 e. The van der Waals surface area contributed by atoms with Gasteiger partial charge < -0.3 is 30.4 Å². The molecule has 1 saturated heterocycles. The van der Waals surface area contributed by atoms with E-state index in [0.717, 1.165) is 54.6 Å². The van der Waals surface area contributed by atoms with Gasteiger partial charge in [0, 0.05) is 73.3 Å². The number of carbonyl (C=O) groups is 1. The van der Waals surface area contributed by atoms with Crippen LogP contribution in [-0.2, 0) is 14.8 Å². The van der Waals surface area contributed by atoms with Gasteiger partial charge >= 0.3 is 0 Å². The van der Waals surface area contributed by atoms with Crippen molar-refractivity contribution >= 4 is 55.4 Å². The number of ether oxygens (including phenoxy) is 2. The molecule has 0 radical (unpaired) electrons. The Morgan fingerprint density at radius 2 is 1.79 bits per heavy atom. The molecule has 0 spiro atoms. The van der Waals surface area contributed by atoms with E-state index in [4.69, 9.17) is 21.1 Å². The smallest absolute Gasteiger partial charge is 0.268 e. The second kappa shape index (κ2) is 18.1. The monoisotopic (exact) mass is 820 g/mol. The van der Waals surface area contributed by atoms with Crippen molar-refractivity contribution in [2.75, 3.05) is 50.0 Å². The molecule has 11 nitrogen and oxygen atoms in total. The molecule has 5 aromatic rings. The third kappa shape index (κ3) is 10.0. The standard InChI is InChI=1S/C45H49ClN6O5S/c1-45(2)18-14-32(39(26-45)31-6-8-34(46)9-7-31)29-48-20-21-49-35-10-12-38(43(25-35)57-42-5-3-4-41-37(42)15-19-50-41)44(53)52-58(54,55)36-11-13-40(33(24-36)27-47)51-28-30-16-22-56-23-17-30/h3-13,15,19,24-25,30,48-51H,14,16-18,20-23,26,28-29H2,1-2H3,(H,52,53). The minimum Gasteiger partial charge on any atom is -0.456 e. The maximum Gasteiger partial charge on any atom is 0.268 e. The van der Waals surface area contributed by atoms with E-state index in [9.17, 15) is 18.5 Å². The molecule has 13 heteroatoms. The van der Waals surface area contributed by atoms with Crippen molar-refractivity contribution < 1.29 is 22.7 Å². The van der Waals surface area contributed by atoms with E-state index in [2.05, 4.69) is 57.7 Å². The third-order valence-corrected chi connectivity index (χ3v) is 12.5. The quantitative estimate of drug-likeness (QED) is 0.0650. The number of amides is 1. The van der Waals surface area contributed by atoms with E-state index < -0.39 is 15.9 Å². The number of allylic oxidation sites excluding steroid dienone is 1. The Morgan fingerprint density at radius 3 is 2.59 bits per heavy atom. The number of H-pyrrole nitrogens is 1. The lowest BCUT2D eigenvalue weighted by Gasteiger charge is -2.34. The second-order valence-electron chi connectivity index (χ2n) is 15.7. The van der Waals surface area contributed by atoms with Crippen LogP contribution < -0.4 is 25.4 Å². The molecule has 1 aliphatic carbocycles. The molecule has 0 saturated carbocycles. The summed E-state index contributed by atoms with van der Waals surface area (Å²) >= 11 is 6.19. The lowest BCUT2D eigenvalue weighted by atomic mass is 9.72. The van der Waals surface area contributed by atoms with Crippen LogP contribution in [0.1, 0.15) is 67.4 Å². The SMILES string of the molecule is CC1(C)CCC(CNCCNc2ccc(C(=O)NS(=O)(=O)c3ccc(NCC4CCOCC4)c(C#N)c3)c(Oc3cccc4[nH]ccc34)c2)=C(c2ccc(Cl)cc2)C1. The summed E-state index contributed by atoms with van der Waals surface area (Å²) in [6.07, 6.45) is 6.79. The summed E-state index contributed by atoms with van der Waals surface area (Å²) in [5, 5.41) is 21.7. The Balaban J connectivity index is 1.05. The van der Waals surface area contributed by atoms with Crippen molar-refractivity contribution in [2.45, 2.75) is 50.8 Å². The summed E-state index contributed by atoms with van der Waals surface area (Å²) in [6.45, 7) is 8.71. The number of aromatic amines is 1. The maximum absolute atomic E-state index is 13.8. The van der Waals surface area contributed by atoms with Crippen molar-refractivity contribution in [3.05, 3.63) is 118 Å². The highest BCUT2D eigenvalue weighted by Gasteiger charge is 2.28. The molecule has 302 valence electrons. The second-order valence-corrected chi connectivity index (χ2v) is 17.9.